The zero-order valence-corrected chi connectivity index (χ0v) is 11.9. The first-order valence-corrected chi connectivity index (χ1v) is 6.40. The summed E-state index contributed by atoms with van der Waals surface area (Å²) in [4.78, 5) is 2.19. The summed E-state index contributed by atoms with van der Waals surface area (Å²) in [6, 6.07) is 12.8. The van der Waals surface area contributed by atoms with E-state index in [0.29, 0.717) is 6.04 Å². The van der Waals surface area contributed by atoms with E-state index < -0.39 is 0 Å². The largest absolute Gasteiger partial charge is 0.372 e. The zero-order chi connectivity index (χ0) is 13.8. The van der Waals surface area contributed by atoms with Gasteiger partial charge in [0.05, 0.1) is 5.69 Å². The van der Waals surface area contributed by atoms with E-state index in [1.165, 1.54) is 5.56 Å². The monoisotopic (exact) mass is 256 g/mol. The summed E-state index contributed by atoms with van der Waals surface area (Å²) >= 11 is 0. The molecule has 0 amide bonds. The van der Waals surface area contributed by atoms with Gasteiger partial charge in [0.1, 0.15) is 5.82 Å². The lowest BCUT2D eigenvalue weighted by Gasteiger charge is -2.20. The highest BCUT2D eigenvalue weighted by atomic mass is 15.2. The molecular formula is C15H20N4. The average molecular weight is 256 g/mol. The molecular weight excluding hydrogens is 236 g/mol. The van der Waals surface area contributed by atoms with Crippen molar-refractivity contribution in [3.63, 3.8) is 0 Å². The zero-order valence-electron chi connectivity index (χ0n) is 11.9. The molecule has 0 unspecified atom stereocenters. The van der Waals surface area contributed by atoms with E-state index in [1.807, 2.05) is 19.2 Å². The van der Waals surface area contributed by atoms with Crippen molar-refractivity contribution >= 4 is 5.82 Å². The van der Waals surface area contributed by atoms with Gasteiger partial charge in [0.2, 0.25) is 0 Å². The van der Waals surface area contributed by atoms with Gasteiger partial charge in [-0.3, -0.25) is 0 Å². The lowest BCUT2D eigenvalue weighted by atomic mass is 10.0. The van der Waals surface area contributed by atoms with Gasteiger partial charge >= 0.3 is 0 Å². The Balaban J connectivity index is 2.22. The third-order valence-corrected chi connectivity index (χ3v) is 3.38. The summed E-state index contributed by atoms with van der Waals surface area (Å²) in [5.41, 5.74) is 3.28. The minimum Gasteiger partial charge on any atom is -0.372 e. The van der Waals surface area contributed by atoms with Crippen molar-refractivity contribution in [3.8, 4) is 11.3 Å². The summed E-state index contributed by atoms with van der Waals surface area (Å²) in [5.74, 6) is 0.779. The second kappa shape index (κ2) is 5.80. The van der Waals surface area contributed by atoms with E-state index in [4.69, 9.17) is 0 Å². The number of hydrogen-bond donors (Lipinski definition) is 1. The highest BCUT2D eigenvalue weighted by Gasteiger charge is 2.08. The highest BCUT2D eigenvalue weighted by Crippen LogP contribution is 2.22. The molecule has 1 aromatic carbocycles. The Hall–Kier alpha value is -1.94. The molecule has 0 aliphatic carbocycles. The van der Waals surface area contributed by atoms with Crippen LogP contribution in [0.4, 0.5) is 5.82 Å². The summed E-state index contributed by atoms with van der Waals surface area (Å²) in [6.07, 6.45) is 0. The molecule has 2 aromatic rings. The fraction of sp³-hybridized carbons (Fsp3) is 0.333. The van der Waals surface area contributed by atoms with Crippen molar-refractivity contribution in [1.29, 1.82) is 0 Å². The quantitative estimate of drug-likeness (QED) is 0.913. The molecule has 0 radical (unpaired) electrons. The van der Waals surface area contributed by atoms with Crippen LogP contribution in [0.2, 0.25) is 0 Å². The summed E-state index contributed by atoms with van der Waals surface area (Å²) < 4.78 is 0. The number of benzene rings is 1. The number of hydrogen-bond acceptors (Lipinski definition) is 4. The number of nitrogens with zero attached hydrogens (tertiary/aromatic N) is 3. The van der Waals surface area contributed by atoms with E-state index in [0.717, 1.165) is 17.1 Å². The van der Waals surface area contributed by atoms with Crippen LogP contribution >= 0.6 is 0 Å². The summed E-state index contributed by atoms with van der Waals surface area (Å²) in [7, 11) is 6.00. The number of rotatable bonds is 4. The first-order valence-electron chi connectivity index (χ1n) is 6.40. The maximum absolute atomic E-state index is 4.21. The molecule has 0 spiro atoms. The van der Waals surface area contributed by atoms with Crippen LogP contribution in [0, 0.1) is 0 Å². The predicted octanol–water partition coefficient (Wildman–Crippen LogP) is 2.81. The van der Waals surface area contributed by atoms with Gasteiger partial charge in [-0.2, -0.15) is 0 Å². The fourth-order valence-corrected chi connectivity index (χ4v) is 1.85. The normalized spacial score (nSPS) is 12.5. The van der Waals surface area contributed by atoms with Gasteiger partial charge in [0.25, 0.3) is 0 Å². The second-order valence-electron chi connectivity index (χ2n) is 4.82. The van der Waals surface area contributed by atoms with Crippen LogP contribution in [-0.4, -0.2) is 36.2 Å². The van der Waals surface area contributed by atoms with Crippen molar-refractivity contribution in [2.75, 3.05) is 26.5 Å². The molecule has 0 aliphatic rings. The fourth-order valence-electron chi connectivity index (χ4n) is 1.85. The van der Waals surface area contributed by atoms with Gasteiger partial charge in [-0.1, -0.05) is 24.3 Å². The van der Waals surface area contributed by atoms with Gasteiger partial charge in [-0.05, 0) is 38.7 Å². The third-order valence-electron chi connectivity index (χ3n) is 3.38. The Morgan fingerprint density at radius 1 is 1.00 bits per heavy atom. The van der Waals surface area contributed by atoms with Crippen LogP contribution in [0.15, 0.2) is 36.4 Å². The van der Waals surface area contributed by atoms with Crippen molar-refractivity contribution in [1.82, 2.24) is 15.1 Å². The molecule has 19 heavy (non-hydrogen) atoms. The summed E-state index contributed by atoms with van der Waals surface area (Å²) in [6.45, 7) is 2.19. The van der Waals surface area contributed by atoms with E-state index >= 15 is 0 Å². The van der Waals surface area contributed by atoms with E-state index in [2.05, 4.69) is 65.7 Å². The van der Waals surface area contributed by atoms with Crippen LogP contribution in [-0.2, 0) is 0 Å². The predicted molar refractivity (Wildman–Crippen MR) is 79.1 cm³/mol. The van der Waals surface area contributed by atoms with Crippen LogP contribution in [0.5, 0.6) is 0 Å². The highest BCUT2D eigenvalue weighted by molar-refractivity contribution is 5.60. The van der Waals surface area contributed by atoms with Crippen molar-refractivity contribution in [2.45, 2.75) is 13.0 Å². The molecule has 0 aliphatic heterocycles. The topological polar surface area (TPSA) is 41.0 Å². The first kappa shape index (κ1) is 13.5. The molecule has 0 saturated heterocycles. The van der Waals surface area contributed by atoms with Gasteiger partial charge in [-0.15, -0.1) is 10.2 Å². The van der Waals surface area contributed by atoms with Gasteiger partial charge in [-0.25, -0.2) is 0 Å². The molecule has 0 saturated carbocycles. The minimum atomic E-state index is 0.409. The smallest absolute Gasteiger partial charge is 0.148 e. The Kier molecular flexibility index (Phi) is 4.12. The van der Waals surface area contributed by atoms with E-state index in [1.54, 1.807) is 0 Å². The molecule has 100 valence electrons. The number of anilines is 1. The van der Waals surface area contributed by atoms with Crippen LogP contribution in [0.1, 0.15) is 18.5 Å². The molecule has 1 heterocycles. The first-order chi connectivity index (χ1) is 9.11. The van der Waals surface area contributed by atoms with Gasteiger partial charge in [0.15, 0.2) is 0 Å². The van der Waals surface area contributed by atoms with Gasteiger partial charge < -0.3 is 10.2 Å². The number of nitrogens with one attached hydrogen (secondary N) is 1. The van der Waals surface area contributed by atoms with Crippen LogP contribution in [0.3, 0.4) is 0 Å². The lowest BCUT2D eigenvalue weighted by molar-refractivity contribution is 0.321. The Bertz CT molecular complexity index is 517. The standard InChI is InChI=1S/C15H20N4/c1-11(19(3)4)12-5-7-13(8-6-12)14-9-10-15(16-2)18-17-14/h5-11H,1-4H3,(H,16,18)/t11-/m0/s1. The molecule has 1 atom stereocenters. The molecule has 1 N–H and O–H groups in total. The van der Waals surface area contributed by atoms with E-state index in [9.17, 15) is 0 Å². The Labute approximate surface area is 114 Å². The average Bonchev–Trinajstić information content (AvgIpc) is 2.46. The third kappa shape index (κ3) is 3.09. The molecule has 1 aromatic heterocycles. The van der Waals surface area contributed by atoms with Crippen LogP contribution in [0.25, 0.3) is 11.3 Å². The lowest BCUT2D eigenvalue weighted by Crippen LogP contribution is -2.16. The summed E-state index contributed by atoms with van der Waals surface area (Å²) in [5, 5.41) is 11.3. The van der Waals surface area contributed by atoms with E-state index in [-0.39, 0.29) is 0 Å². The van der Waals surface area contributed by atoms with Crippen molar-refractivity contribution < 1.29 is 0 Å². The Morgan fingerprint density at radius 2 is 1.68 bits per heavy atom. The second-order valence-corrected chi connectivity index (χ2v) is 4.82. The van der Waals surface area contributed by atoms with Crippen molar-refractivity contribution in [3.05, 3.63) is 42.0 Å². The molecule has 2 rings (SSSR count). The molecule has 4 nitrogen and oxygen atoms in total. The van der Waals surface area contributed by atoms with Gasteiger partial charge in [0, 0.05) is 18.7 Å². The molecule has 0 fully saturated rings. The number of aromatic nitrogens is 2. The van der Waals surface area contributed by atoms with Crippen LogP contribution < -0.4 is 5.32 Å². The molecule has 0 bridgehead atoms. The Morgan fingerprint density at radius 3 is 2.16 bits per heavy atom. The minimum absolute atomic E-state index is 0.409. The SMILES string of the molecule is CNc1ccc(-c2ccc([C@H](C)N(C)C)cc2)nn1. The van der Waals surface area contributed by atoms with Crippen molar-refractivity contribution in [2.24, 2.45) is 0 Å². The molecule has 4 heteroatoms. The maximum atomic E-state index is 4.21. The maximum Gasteiger partial charge on any atom is 0.148 e.